The Balaban J connectivity index is 1.74. The van der Waals surface area contributed by atoms with E-state index in [1.54, 1.807) is 36.8 Å². The van der Waals surface area contributed by atoms with Crippen LogP contribution in [0.3, 0.4) is 0 Å². The van der Waals surface area contributed by atoms with Crippen LogP contribution in [0.5, 0.6) is 0 Å². The summed E-state index contributed by atoms with van der Waals surface area (Å²) in [7, 11) is 0. The second-order valence-electron chi connectivity index (χ2n) is 6.59. The molecule has 0 unspecified atom stereocenters. The van der Waals surface area contributed by atoms with Crippen LogP contribution >= 0.6 is 0 Å². The quantitative estimate of drug-likeness (QED) is 0.282. The molecule has 0 fully saturated rings. The lowest BCUT2D eigenvalue weighted by Crippen LogP contribution is -2.12. The smallest absolute Gasteiger partial charge is 0.182 e. The second kappa shape index (κ2) is 7.90. The molecule has 2 aromatic heterocycles. The molecule has 4 aromatic rings. The topological polar surface area (TPSA) is 110 Å². The summed E-state index contributed by atoms with van der Waals surface area (Å²) in [4.78, 5) is 17.7. The van der Waals surface area contributed by atoms with Crippen LogP contribution in [0.1, 0.15) is 16.8 Å². The second-order valence-corrected chi connectivity index (χ2v) is 6.59. The molecule has 3 N–H and O–H groups in total. The lowest BCUT2D eigenvalue weighted by Gasteiger charge is -2.10. The van der Waals surface area contributed by atoms with E-state index in [1.165, 1.54) is 0 Å². The van der Waals surface area contributed by atoms with Gasteiger partial charge in [-0.05, 0) is 36.4 Å². The molecule has 0 saturated heterocycles. The number of nitriles is 1. The van der Waals surface area contributed by atoms with Crippen LogP contribution in [0.15, 0.2) is 65.5 Å². The molecule has 0 bridgehead atoms. The molecule has 29 heavy (non-hydrogen) atoms. The number of hydrogen-bond acceptors (Lipinski definition) is 6. The summed E-state index contributed by atoms with van der Waals surface area (Å²) < 4.78 is 7.27. The number of benzene rings is 2. The first-order chi connectivity index (χ1) is 14.2. The summed E-state index contributed by atoms with van der Waals surface area (Å²) in [5.41, 5.74) is 10.0. The molecule has 0 saturated carbocycles. The number of anilines is 2. The number of imidazole rings is 1. The highest BCUT2D eigenvalue weighted by atomic mass is 16.3. The molecule has 144 valence electrons. The standard InChI is InChI=1S/C22H19N5O2/c23-10-3-11-25-19-14-29-13-17(19)22-26-18-4-1-2-5-20(18)27(22)12-21(28)15-6-8-16(24)9-7-15/h1-2,4-9,13-14,25H,3,11-12,24H2. The van der Waals surface area contributed by atoms with Gasteiger partial charge in [0, 0.05) is 17.8 Å². The van der Waals surface area contributed by atoms with E-state index >= 15 is 0 Å². The van der Waals surface area contributed by atoms with Crippen molar-refractivity contribution in [3.05, 3.63) is 66.6 Å². The number of nitrogens with zero attached hydrogens (tertiary/aromatic N) is 3. The number of hydrogen-bond donors (Lipinski definition) is 2. The van der Waals surface area contributed by atoms with Crippen molar-refractivity contribution in [3.63, 3.8) is 0 Å². The Morgan fingerprint density at radius 2 is 1.97 bits per heavy atom. The largest absolute Gasteiger partial charge is 0.470 e. The Hall–Kier alpha value is -4.05. The van der Waals surface area contributed by atoms with Crippen LogP contribution in [0.2, 0.25) is 0 Å². The van der Waals surface area contributed by atoms with E-state index in [0.717, 1.165) is 22.3 Å². The zero-order chi connectivity index (χ0) is 20.2. The molecule has 2 aromatic carbocycles. The number of para-hydroxylation sites is 2. The molecule has 2 heterocycles. The minimum Gasteiger partial charge on any atom is -0.470 e. The molecule has 0 atom stereocenters. The molecule has 4 rings (SSSR count). The van der Waals surface area contributed by atoms with Gasteiger partial charge in [0.2, 0.25) is 0 Å². The number of ketones is 1. The number of carbonyl (C=O) groups is 1. The van der Waals surface area contributed by atoms with Crippen molar-refractivity contribution in [2.45, 2.75) is 13.0 Å². The van der Waals surface area contributed by atoms with Crippen molar-refractivity contribution in [1.29, 1.82) is 5.26 Å². The fraction of sp³-hybridized carbons (Fsp3) is 0.136. The van der Waals surface area contributed by atoms with Crippen molar-refractivity contribution in [2.24, 2.45) is 0 Å². The molecule has 7 nitrogen and oxygen atoms in total. The molecule has 0 radical (unpaired) electrons. The summed E-state index contributed by atoms with van der Waals surface area (Å²) in [5, 5.41) is 12.0. The number of nitrogens with one attached hydrogen (secondary N) is 1. The van der Waals surface area contributed by atoms with Crippen molar-refractivity contribution in [1.82, 2.24) is 9.55 Å². The molecule has 0 amide bonds. The van der Waals surface area contributed by atoms with Crippen molar-refractivity contribution in [2.75, 3.05) is 17.6 Å². The van der Waals surface area contributed by atoms with Crippen LogP contribution in [-0.2, 0) is 6.54 Å². The predicted octanol–water partition coefficient (Wildman–Crippen LogP) is 4.09. The average molecular weight is 385 g/mol. The zero-order valence-electron chi connectivity index (χ0n) is 15.6. The Kier molecular flexibility index (Phi) is 4.99. The molecule has 7 heteroatoms. The molecule has 0 aliphatic carbocycles. The van der Waals surface area contributed by atoms with Gasteiger partial charge in [0.1, 0.15) is 18.4 Å². The maximum Gasteiger partial charge on any atom is 0.182 e. The number of nitrogen functional groups attached to an aromatic ring is 1. The fourth-order valence-corrected chi connectivity index (χ4v) is 3.21. The highest BCUT2D eigenvalue weighted by molar-refractivity contribution is 5.97. The molecule has 0 spiro atoms. The van der Waals surface area contributed by atoms with Gasteiger partial charge in [-0.1, -0.05) is 12.1 Å². The van der Waals surface area contributed by atoms with Crippen LogP contribution in [0.4, 0.5) is 11.4 Å². The van der Waals surface area contributed by atoms with Gasteiger partial charge in [-0.25, -0.2) is 4.98 Å². The number of Topliss-reactive ketones (excluding diaryl/α,β-unsaturated/α-hetero) is 1. The third kappa shape index (κ3) is 3.69. The number of fused-ring (bicyclic) bond motifs is 1. The summed E-state index contributed by atoms with van der Waals surface area (Å²) in [6, 6.07) is 16.7. The van der Waals surface area contributed by atoms with Gasteiger partial charge in [0.15, 0.2) is 5.78 Å². The van der Waals surface area contributed by atoms with E-state index in [-0.39, 0.29) is 12.3 Å². The van der Waals surface area contributed by atoms with Crippen molar-refractivity contribution >= 4 is 28.2 Å². The zero-order valence-corrected chi connectivity index (χ0v) is 15.6. The fourth-order valence-electron chi connectivity index (χ4n) is 3.21. The molecular weight excluding hydrogens is 366 g/mol. The Morgan fingerprint density at radius 3 is 2.76 bits per heavy atom. The Bertz CT molecular complexity index is 1200. The maximum atomic E-state index is 12.9. The van der Waals surface area contributed by atoms with E-state index in [9.17, 15) is 4.79 Å². The van der Waals surface area contributed by atoms with E-state index in [0.29, 0.717) is 30.0 Å². The third-order valence-electron chi connectivity index (χ3n) is 4.64. The van der Waals surface area contributed by atoms with Gasteiger partial charge in [0.05, 0.1) is 41.3 Å². The first kappa shape index (κ1) is 18.3. The van der Waals surface area contributed by atoms with Crippen LogP contribution in [-0.4, -0.2) is 21.9 Å². The van der Waals surface area contributed by atoms with E-state index < -0.39 is 0 Å². The highest BCUT2D eigenvalue weighted by Gasteiger charge is 2.19. The lowest BCUT2D eigenvalue weighted by molar-refractivity contribution is 0.0974. The van der Waals surface area contributed by atoms with Gasteiger partial charge < -0.3 is 20.0 Å². The van der Waals surface area contributed by atoms with Crippen LogP contribution in [0, 0.1) is 11.3 Å². The monoisotopic (exact) mass is 385 g/mol. The van der Waals surface area contributed by atoms with E-state index in [1.807, 2.05) is 28.8 Å². The third-order valence-corrected chi connectivity index (χ3v) is 4.64. The minimum atomic E-state index is -0.0445. The number of carbonyl (C=O) groups excluding carboxylic acids is 1. The molecule has 0 aliphatic heterocycles. The summed E-state index contributed by atoms with van der Waals surface area (Å²) in [6.07, 6.45) is 3.55. The summed E-state index contributed by atoms with van der Waals surface area (Å²) >= 11 is 0. The molecular formula is C22H19N5O2. The Morgan fingerprint density at radius 1 is 1.17 bits per heavy atom. The first-order valence-corrected chi connectivity index (χ1v) is 9.19. The van der Waals surface area contributed by atoms with Crippen LogP contribution < -0.4 is 11.1 Å². The van der Waals surface area contributed by atoms with Gasteiger partial charge in [-0.2, -0.15) is 5.26 Å². The normalized spacial score (nSPS) is 10.7. The maximum absolute atomic E-state index is 12.9. The Labute approximate surface area is 167 Å². The van der Waals surface area contributed by atoms with Crippen LogP contribution in [0.25, 0.3) is 22.4 Å². The average Bonchev–Trinajstić information content (AvgIpc) is 3.33. The van der Waals surface area contributed by atoms with Crippen molar-refractivity contribution < 1.29 is 9.21 Å². The lowest BCUT2D eigenvalue weighted by atomic mass is 10.1. The summed E-state index contributed by atoms with van der Waals surface area (Å²) in [5.74, 6) is 0.583. The predicted molar refractivity (Wildman–Crippen MR) is 111 cm³/mol. The first-order valence-electron chi connectivity index (χ1n) is 9.19. The van der Waals surface area contributed by atoms with E-state index in [4.69, 9.17) is 20.4 Å². The minimum absolute atomic E-state index is 0.0445. The highest BCUT2D eigenvalue weighted by Crippen LogP contribution is 2.31. The SMILES string of the molecule is N#CCCNc1cocc1-c1nc2ccccc2n1CC(=O)c1ccc(N)cc1. The van der Waals surface area contributed by atoms with Crippen molar-refractivity contribution in [3.8, 4) is 17.5 Å². The van der Waals surface area contributed by atoms with Gasteiger partial charge in [0.25, 0.3) is 0 Å². The molecule has 0 aliphatic rings. The van der Waals surface area contributed by atoms with E-state index in [2.05, 4.69) is 11.4 Å². The summed E-state index contributed by atoms with van der Waals surface area (Å²) in [6.45, 7) is 0.621. The number of aromatic nitrogens is 2. The number of nitrogens with two attached hydrogens (primary N) is 1. The van der Waals surface area contributed by atoms with Gasteiger partial charge >= 0.3 is 0 Å². The van der Waals surface area contributed by atoms with Gasteiger partial charge in [-0.15, -0.1) is 0 Å². The van der Waals surface area contributed by atoms with Gasteiger partial charge in [-0.3, -0.25) is 4.79 Å². The number of rotatable bonds is 7. The number of furan rings is 1.